The molecule has 0 unspecified atom stereocenters. The molecule has 0 bridgehead atoms. The standard InChI is InChI=1S/C40H49ClN2O4S/c1-39(2)32-16-8-10-18-34(32)42(26-12-5-6-14-28-44)36(39)24-22-30-20-21-31(38(30)41)23-25-37-40(3,4)33-17-9-11-19-35(33)43(37)27-13-7-15-29-48(45,46)47/h8-11,16-19,22-25,28H,5-7,12-15,20-21,26-27,29H2,1-4H3/p+1. The zero-order chi connectivity index (χ0) is 34.5. The number of nitrogens with zero attached hydrogens (tertiary/aromatic N) is 2. The Balaban J connectivity index is 1.38. The van der Waals surface area contributed by atoms with Gasteiger partial charge in [0, 0.05) is 58.9 Å². The highest BCUT2D eigenvalue weighted by Gasteiger charge is 2.44. The zero-order valence-electron chi connectivity index (χ0n) is 28.8. The highest BCUT2D eigenvalue weighted by Crippen LogP contribution is 2.48. The maximum atomic E-state index is 11.2. The Labute approximate surface area is 292 Å². The molecule has 0 saturated carbocycles. The Morgan fingerprint density at radius 3 is 2.31 bits per heavy atom. The van der Waals surface area contributed by atoms with Crippen LogP contribution in [-0.2, 0) is 25.7 Å². The lowest BCUT2D eigenvalue weighted by molar-refractivity contribution is -0.438. The number of para-hydroxylation sites is 2. The predicted octanol–water partition coefficient (Wildman–Crippen LogP) is 9.33. The third-order valence-corrected chi connectivity index (χ3v) is 11.5. The van der Waals surface area contributed by atoms with E-state index in [1.165, 1.54) is 33.9 Å². The quantitative estimate of drug-likeness (QED) is 0.0873. The molecule has 6 nitrogen and oxygen atoms in total. The summed E-state index contributed by atoms with van der Waals surface area (Å²) in [4.78, 5) is 13.2. The van der Waals surface area contributed by atoms with Crippen molar-refractivity contribution in [2.75, 3.05) is 23.7 Å². The maximum Gasteiger partial charge on any atom is 0.264 e. The average Bonchev–Trinajstić information content (AvgIpc) is 3.58. The summed E-state index contributed by atoms with van der Waals surface area (Å²) in [6.45, 7) is 10.8. The number of halogens is 1. The average molecular weight is 690 g/mol. The van der Waals surface area contributed by atoms with E-state index in [4.69, 9.17) is 16.2 Å². The van der Waals surface area contributed by atoms with Gasteiger partial charge in [-0.3, -0.25) is 4.55 Å². The van der Waals surface area contributed by atoms with Crippen LogP contribution in [0.25, 0.3) is 0 Å². The molecule has 256 valence electrons. The van der Waals surface area contributed by atoms with Crippen LogP contribution in [0.2, 0.25) is 0 Å². The van der Waals surface area contributed by atoms with E-state index in [-0.39, 0.29) is 16.6 Å². The van der Waals surface area contributed by atoms with Crippen LogP contribution in [0.15, 0.2) is 94.7 Å². The summed E-state index contributed by atoms with van der Waals surface area (Å²) in [5, 5.41) is 0.822. The third-order valence-electron chi connectivity index (χ3n) is 10.2. The minimum absolute atomic E-state index is 0.135. The van der Waals surface area contributed by atoms with Gasteiger partial charge in [-0.05, 0) is 81.2 Å². The number of allylic oxidation sites excluding steroid dienone is 8. The molecule has 1 aliphatic carbocycles. The van der Waals surface area contributed by atoms with Gasteiger partial charge in [0.1, 0.15) is 12.8 Å². The van der Waals surface area contributed by atoms with E-state index in [2.05, 4.69) is 110 Å². The number of carbonyl (C=O) groups excluding carboxylic acids is 1. The van der Waals surface area contributed by atoms with Crippen molar-refractivity contribution in [3.8, 4) is 0 Å². The van der Waals surface area contributed by atoms with Gasteiger partial charge in [0.25, 0.3) is 10.1 Å². The number of unbranched alkanes of at least 4 members (excludes halogenated alkanes) is 5. The summed E-state index contributed by atoms with van der Waals surface area (Å²) in [7, 11) is -3.93. The summed E-state index contributed by atoms with van der Waals surface area (Å²) in [5.74, 6) is -0.199. The molecule has 0 aromatic heterocycles. The minimum Gasteiger partial charge on any atom is -0.344 e. The molecule has 0 saturated heterocycles. The molecule has 2 heterocycles. The van der Waals surface area contributed by atoms with Crippen LogP contribution in [0.1, 0.15) is 96.6 Å². The number of fused-ring (bicyclic) bond motifs is 2. The molecular weight excluding hydrogens is 640 g/mol. The van der Waals surface area contributed by atoms with E-state index in [0.717, 1.165) is 80.5 Å². The molecule has 48 heavy (non-hydrogen) atoms. The van der Waals surface area contributed by atoms with Gasteiger partial charge in [0.2, 0.25) is 5.69 Å². The van der Waals surface area contributed by atoms with Crippen LogP contribution in [0.5, 0.6) is 0 Å². The smallest absolute Gasteiger partial charge is 0.264 e. The van der Waals surface area contributed by atoms with Crippen molar-refractivity contribution in [2.45, 2.75) is 96.3 Å². The number of carbonyl (C=O) groups is 1. The zero-order valence-corrected chi connectivity index (χ0v) is 30.4. The van der Waals surface area contributed by atoms with Gasteiger partial charge < -0.3 is 9.69 Å². The van der Waals surface area contributed by atoms with Crippen molar-refractivity contribution >= 4 is 45.1 Å². The Bertz CT molecular complexity index is 1800. The molecule has 5 rings (SSSR count). The second kappa shape index (κ2) is 15.1. The van der Waals surface area contributed by atoms with E-state index in [1.807, 2.05) is 0 Å². The Hall–Kier alpha value is -3.26. The first-order chi connectivity index (χ1) is 22.9. The number of aldehydes is 1. The van der Waals surface area contributed by atoms with Crippen LogP contribution in [0.3, 0.4) is 0 Å². The molecule has 0 fully saturated rings. The Morgan fingerprint density at radius 1 is 0.854 bits per heavy atom. The number of anilines is 1. The Morgan fingerprint density at radius 2 is 1.56 bits per heavy atom. The third kappa shape index (κ3) is 7.79. The normalized spacial score (nSPS) is 20.1. The van der Waals surface area contributed by atoms with Crippen molar-refractivity contribution < 1.29 is 22.3 Å². The van der Waals surface area contributed by atoms with Crippen molar-refractivity contribution in [3.63, 3.8) is 0 Å². The van der Waals surface area contributed by atoms with Gasteiger partial charge in [-0.15, -0.1) is 0 Å². The molecule has 1 N–H and O–H groups in total. The summed E-state index contributed by atoms with van der Waals surface area (Å²) in [6.07, 6.45) is 17.3. The first-order valence-electron chi connectivity index (χ1n) is 17.3. The number of benzene rings is 2. The molecule has 3 aliphatic rings. The molecule has 2 aromatic carbocycles. The van der Waals surface area contributed by atoms with Crippen LogP contribution in [0, 0.1) is 0 Å². The Kier molecular flexibility index (Phi) is 11.3. The largest absolute Gasteiger partial charge is 0.344 e. The topological polar surface area (TPSA) is 77.7 Å². The van der Waals surface area contributed by atoms with E-state index in [1.54, 1.807) is 0 Å². The molecule has 2 aromatic rings. The van der Waals surface area contributed by atoms with E-state index in [9.17, 15) is 13.2 Å². The summed E-state index contributed by atoms with van der Waals surface area (Å²) in [5.41, 5.74) is 9.47. The number of hydrogen-bond donors (Lipinski definition) is 1. The molecule has 8 heteroatoms. The monoisotopic (exact) mass is 689 g/mol. The summed E-state index contributed by atoms with van der Waals surface area (Å²) in [6, 6.07) is 17.2. The van der Waals surface area contributed by atoms with Crippen LogP contribution in [-0.4, -0.2) is 48.4 Å². The molecule has 0 spiro atoms. The van der Waals surface area contributed by atoms with Gasteiger partial charge in [0.15, 0.2) is 5.71 Å². The van der Waals surface area contributed by atoms with Crippen LogP contribution >= 0.6 is 11.6 Å². The second-order valence-corrected chi connectivity index (χ2v) is 16.2. The fourth-order valence-corrected chi connectivity index (χ4v) is 8.42. The van der Waals surface area contributed by atoms with E-state index >= 15 is 0 Å². The van der Waals surface area contributed by atoms with Crippen LogP contribution in [0.4, 0.5) is 11.4 Å². The number of rotatable bonds is 15. The first kappa shape index (κ1) is 36.0. The highest BCUT2D eigenvalue weighted by atomic mass is 35.5. The predicted molar refractivity (Wildman–Crippen MR) is 198 cm³/mol. The highest BCUT2D eigenvalue weighted by molar-refractivity contribution is 7.85. The van der Waals surface area contributed by atoms with Gasteiger partial charge in [-0.1, -0.05) is 80.4 Å². The molecule has 2 aliphatic heterocycles. The van der Waals surface area contributed by atoms with Crippen molar-refractivity contribution in [3.05, 3.63) is 106 Å². The number of hydrogen-bond acceptors (Lipinski definition) is 4. The van der Waals surface area contributed by atoms with Gasteiger partial charge >= 0.3 is 0 Å². The van der Waals surface area contributed by atoms with Gasteiger partial charge in [-0.2, -0.15) is 13.0 Å². The van der Waals surface area contributed by atoms with Gasteiger partial charge in [0.05, 0.1) is 11.2 Å². The maximum absolute atomic E-state index is 11.2. The second-order valence-electron chi connectivity index (χ2n) is 14.3. The SMILES string of the molecule is CC1(C)C(/C=C/C2=C(Cl)C(=C/C=C3/N(CCCCCS(=O)(=O)O)c4ccccc4C3(C)C)/CC2)=[N+](CCCCCC=O)c2ccccc21. The van der Waals surface area contributed by atoms with Crippen molar-refractivity contribution in [1.29, 1.82) is 0 Å². The van der Waals surface area contributed by atoms with E-state index < -0.39 is 10.1 Å². The fraction of sp³-hybridized carbons (Fsp3) is 0.450. The molecular formula is C40H50ClN2O4S+. The molecule has 0 amide bonds. The summed E-state index contributed by atoms with van der Waals surface area (Å²) < 4.78 is 33.9. The first-order valence-corrected chi connectivity index (χ1v) is 19.3. The van der Waals surface area contributed by atoms with Crippen molar-refractivity contribution in [1.82, 2.24) is 0 Å². The van der Waals surface area contributed by atoms with Gasteiger partial charge in [-0.25, -0.2) is 0 Å². The lowest BCUT2D eigenvalue weighted by Gasteiger charge is -2.27. The fourth-order valence-electron chi connectivity index (χ4n) is 7.54. The minimum atomic E-state index is -3.93. The van der Waals surface area contributed by atoms with Crippen LogP contribution < -0.4 is 4.90 Å². The molecule has 0 radical (unpaired) electrons. The van der Waals surface area contributed by atoms with E-state index in [0.29, 0.717) is 12.8 Å². The summed E-state index contributed by atoms with van der Waals surface area (Å²) >= 11 is 7.09. The lowest BCUT2D eigenvalue weighted by Crippen LogP contribution is -2.28. The van der Waals surface area contributed by atoms with Crippen molar-refractivity contribution in [2.24, 2.45) is 0 Å². The molecule has 0 atom stereocenters. The lowest BCUT2D eigenvalue weighted by atomic mass is 9.81.